The summed E-state index contributed by atoms with van der Waals surface area (Å²) >= 11 is 0. The van der Waals surface area contributed by atoms with E-state index in [4.69, 9.17) is 9.47 Å². The fourth-order valence-electron chi connectivity index (χ4n) is 2.84. The number of hydrogen-bond acceptors (Lipinski definition) is 6. The van der Waals surface area contributed by atoms with Gasteiger partial charge in [0.15, 0.2) is 0 Å². The first-order chi connectivity index (χ1) is 9.98. The molecule has 0 radical (unpaired) electrons. The Morgan fingerprint density at radius 2 is 1.55 bits per heavy atom. The van der Waals surface area contributed by atoms with E-state index >= 15 is 0 Å². The van der Waals surface area contributed by atoms with Crippen molar-refractivity contribution in [1.82, 2.24) is 5.32 Å². The Balaban J connectivity index is 2.95. The van der Waals surface area contributed by atoms with Crippen molar-refractivity contribution in [2.45, 2.75) is 77.1 Å². The van der Waals surface area contributed by atoms with Crippen molar-refractivity contribution >= 4 is 0 Å². The molecule has 1 heterocycles. The van der Waals surface area contributed by atoms with E-state index in [-0.39, 0.29) is 36.1 Å². The minimum absolute atomic E-state index is 0.177. The van der Waals surface area contributed by atoms with Crippen LogP contribution in [0.3, 0.4) is 0 Å². The SMILES string of the molecule is CC(C)(C)O[C@H]1[C@H]([C@@H](CO)[C@H](O)CO)NC[C@@H]1OC(C)(C)C. The summed E-state index contributed by atoms with van der Waals surface area (Å²) in [5, 5.41) is 32.1. The van der Waals surface area contributed by atoms with Crippen LogP contribution in [-0.4, -0.2) is 70.6 Å². The van der Waals surface area contributed by atoms with Gasteiger partial charge in [0, 0.05) is 18.5 Å². The van der Waals surface area contributed by atoms with Gasteiger partial charge in [-0.2, -0.15) is 0 Å². The van der Waals surface area contributed by atoms with Gasteiger partial charge in [-0.05, 0) is 41.5 Å². The molecule has 1 aliphatic heterocycles. The first-order valence-electron chi connectivity index (χ1n) is 7.97. The van der Waals surface area contributed by atoms with E-state index in [1.54, 1.807) is 0 Å². The van der Waals surface area contributed by atoms with Crippen molar-refractivity contribution in [3.8, 4) is 0 Å². The monoisotopic (exact) mass is 319 g/mol. The zero-order valence-electron chi connectivity index (χ0n) is 14.7. The molecule has 5 atom stereocenters. The summed E-state index contributed by atoms with van der Waals surface area (Å²) in [6.07, 6.45) is -1.48. The lowest BCUT2D eigenvalue weighted by Crippen LogP contribution is -2.51. The fraction of sp³-hybridized carbons (Fsp3) is 1.00. The van der Waals surface area contributed by atoms with Crippen LogP contribution in [0, 0.1) is 5.92 Å². The Kier molecular flexibility index (Phi) is 6.80. The molecule has 0 spiro atoms. The molecule has 1 saturated heterocycles. The number of nitrogens with one attached hydrogen (secondary N) is 1. The molecular weight excluding hydrogens is 286 g/mol. The van der Waals surface area contributed by atoms with Crippen LogP contribution in [0.2, 0.25) is 0 Å². The molecule has 0 aromatic rings. The van der Waals surface area contributed by atoms with E-state index < -0.39 is 18.6 Å². The molecule has 6 nitrogen and oxygen atoms in total. The number of hydrogen-bond donors (Lipinski definition) is 4. The van der Waals surface area contributed by atoms with Gasteiger partial charge in [-0.15, -0.1) is 0 Å². The third kappa shape index (κ3) is 5.76. The highest BCUT2D eigenvalue weighted by molar-refractivity contribution is 5.00. The van der Waals surface area contributed by atoms with E-state index in [9.17, 15) is 15.3 Å². The summed E-state index contributed by atoms with van der Waals surface area (Å²) in [6.45, 7) is 11.8. The van der Waals surface area contributed by atoms with Crippen LogP contribution in [0.5, 0.6) is 0 Å². The smallest absolute Gasteiger partial charge is 0.101 e. The normalized spacial score (nSPS) is 29.6. The van der Waals surface area contributed by atoms with Crippen molar-refractivity contribution in [3.63, 3.8) is 0 Å². The fourth-order valence-corrected chi connectivity index (χ4v) is 2.84. The minimum atomic E-state index is -0.998. The predicted octanol–water partition coefficient (Wildman–Crippen LogP) is 0.287. The second kappa shape index (κ2) is 7.55. The van der Waals surface area contributed by atoms with E-state index in [0.717, 1.165) is 0 Å². The van der Waals surface area contributed by atoms with E-state index in [1.165, 1.54) is 0 Å². The lowest BCUT2D eigenvalue weighted by atomic mass is 9.90. The summed E-state index contributed by atoms with van der Waals surface area (Å²) in [5.41, 5.74) is -0.691. The molecule has 0 aromatic heterocycles. The maximum atomic E-state index is 9.97. The standard InChI is InChI=1S/C16H33NO5/c1-15(2,3)21-12-7-17-13(10(8-18)11(20)9-19)14(12)22-16(4,5)6/h10-14,17-20H,7-9H2,1-6H3/t10-,11+,12-,13-,14+/m0/s1. The lowest BCUT2D eigenvalue weighted by Gasteiger charge is -2.37. The second-order valence-electron chi connectivity index (χ2n) is 7.99. The molecule has 0 aliphatic carbocycles. The molecule has 1 fully saturated rings. The summed E-state index contributed by atoms with van der Waals surface area (Å²) in [6, 6.07) is -0.279. The molecule has 4 N–H and O–H groups in total. The molecule has 132 valence electrons. The third-order valence-electron chi connectivity index (χ3n) is 3.62. The van der Waals surface area contributed by atoms with Crippen molar-refractivity contribution in [3.05, 3.63) is 0 Å². The summed E-state index contributed by atoms with van der Waals surface area (Å²) < 4.78 is 12.2. The Bertz CT molecular complexity index is 336. The topological polar surface area (TPSA) is 91.2 Å². The number of ether oxygens (including phenoxy) is 2. The highest BCUT2D eigenvalue weighted by Crippen LogP contribution is 2.29. The number of rotatable bonds is 6. The van der Waals surface area contributed by atoms with Crippen molar-refractivity contribution in [2.24, 2.45) is 5.92 Å². The molecular formula is C16H33NO5. The molecule has 0 saturated carbocycles. The lowest BCUT2D eigenvalue weighted by molar-refractivity contribution is -0.159. The minimum Gasteiger partial charge on any atom is -0.396 e. The summed E-state index contributed by atoms with van der Waals surface area (Å²) in [7, 11) is 0. The van der Waals surface area contributed by atoms with Gasteiger partial charge in [0.25, 0.3) is 0 Å². The Hall–Kier alpha value is -0.240. The van der Waals surface area contributed by atoms with Gasteiger partial charge in [-0.1, -0.05) is 0 Å². The average molecular weight is 319 g/mol. The zero-order chi connectivity index (χ0) is 17.1. The van der Waals surface area contributed by atoms with Crippen LogP contribution in [0.15, 0.2) is 0 Å². The van der Waals surface area contributed by atoms with E-state index in [0.29, 0.717) is 6.54 Å². The first kappa shape index (κ1) is 19.8. The summed E-state index contributed by atoms with van der Waals surface area (Å²) in [4.78, 5) is 0. The van der Waals surface area contributed by atoms with E-state index in [1.807, 2.05) is 41.5 Å². The van der Waals surface area contributed by atoms with Crippen molar-refractivity contribution in [2.75, 3.05) is 19.8 Å². The van der Waals surface area contributed by atoms with Gasteiger partial charge < -0.3 is 30.1 Å². The number of aliphatic hydroxyl groups is 3. The van der Waals surface area contributed by atoms with Crippen molar-refractivity contribution in [1.29, 1.82) is 0 Å². The third-order valence-corrected chi connectivity index (χ3v) is 3.62. The van der Waals surface area contributed by atoms with Gasteiger partial charge in [0.05, 0.1) is 36.6 Å². The van der Waals surface area contributed by atoms with Crippen LogP contribution >= 0.6 is 0 Å². The first-order valence-corrected chi connectivity index (χ1v) is 7.97. The van der Waals surface area contributed by atoms with Gasteiger partial charge in [-0.25, -0.2) is 0 Å². The highest BCUT2D eigenvalue weighted by Gasteiger charge is 2.46. The molecule has 22 heavy (non-hydrogen) atoms. The van der Waals surface area contributed by atoms with Gasteiger partial charge in [0.1, 0.15) is 6.10 Å². The number of aliphatic hydroxyl groups excluding tert-OH is 3. The average Bonchev–Trinajstić information content (AvgIpc) is 2.69. The molecule has 0 amide bonds. The molecule has 0 aromatic carbocycles. The predicted molar refractivity (Wildman–Crippen MR) is 84.7 cm³/mol. The van der Waals surface area contributed by atoms with Crippen LogP contribution in [0.1, 0.15) is 41.5 Å². The van der Waals surface area contributed by atoms with Gasteiger partial charge in [0.2, 0.25) is 0 Å². The van der Waals surface area contributed by atoms with Crippen molar-refractivity contribution < 1.29 is 24.8 Å². The van der Waals surface area contributed by atoms with Crippen LogP contribution in [0.4, 0.5) is 0 Å². The maximum Gasteiger partial charge on any atom is 0.101 e. The molecule has 0 unspecified atom stereocenters. The molecule has 6 heteroatoms. The largest absolute Gasteiger partial charge is 0.396 e. The van der Waals surface area contributed by atoms with Gasteiger partial charge >= 0.3 is 0 Å². The highest BCUT2D eigenvalue weighted by atomic mass is 16.6. The molecule has 1 rings (SSSR count). The second-order valence-corrected chi connectivity index (χ2v) is 7.99. The van der Waals surface area contributed by atoms with E-state index in [2.05, 4.69) is 5.32 Å². The van der Waals surface area contributed by atoms with Crippen LogP contribution in [0.25, 0.3) is 0 Å². The maximum absolute atomic E-state index is 9.97. The molecule has 1 aliphatic rings. The quantitative estimate of drug-likeness (QED) is 0.562. The summed E-state index contributed by atoms with van der Waals surface area (Å²) in [5.74, 6) is -0.508. The zero-order valence-corrected chi connectivity index (χ0v) is 14.7. The Morgan fingerprint density at radius 1 is 1.00 bits per heavy atom. The van der Waals surface area contributed by atoms with Crippen LogP contribution < -0.4 is 5.32 Å². The van der Waals surface area contributed by atoms with Gasteiger partial charge in [-0.3, -0.25) is 0 Å². The molecule has 0 bridgehead atoms. The Morgan fingerprint density at radius 3 is 1.95 bits per heavy atom. The Labute approximate surface area is 133 Å². The van der Waals surface area contributed by atoms with Crippen LogP contribution in [-0.2, 0) is 9.47 Å².